The predicted molar refractivity (Wildman–Crippen MR) is 75.9 cm³/mol. The van der Waals surface area contributed by atoms with Crippen LogP contribution in [-0.4, -0.2) is 21.5 Å². The lowest BCUT2D eigenvalue weighted by Crippen LogP contribution is -2.41. The zero-order valence-corrected chi connectivity index (χ0v) is 12.6. The topological polar surface area (TPSA) is 62.2 Å². The molecule has 4 heteroatoms. The third kappa shape index (κ3) is 4.31. The molecule has 2 N–H and O–H groups in total. The van der Waals surface area contributed by atoms with Gasteiger partial charge in [0, 0.05) is 17.3 Å². The molecule has 0 spiro atoms. The maximum absolute atomic E-state index is 12.2. The standard InChI is InChI=1S/C15H24N2O2/c1-14(2,3)12(18)10-8-7-9-16-11(10)13(19)17-15(4,5)6/h7-9,12,18H,1-6H3,(H,17,19). The van der Waals surface area contributed by atoms with Gasteiger partial charge in [-0.25, -0.2) is 0 Å². The van der Waals surface area contributed by atoms with Gasteiger partial charge in [0.2, 0.25) is 0 Å². The van der Waals surface area contributed by atoms with E-state index in [0.717, 1.165) is 0 Å². The molecule has 0 aliphatic rings. The van der Waals surface area contributed by atoms with Crippen molar-refractivity contribution < 1.29 is 9.90 Å². The van der Waals surface area contributed by atoms with Crippen molar-refractivity contribution in [2.75, 3.05) is 0 Å². The number of aromatic nitrogens is 1. The highest BCUT2D eigenvalue weighted by atomic mass is 16.3. The van der Waals surface area contributed by atoms with Crippen LogP contribution in [0.1, 0.15) is 63.7 Å². The van der Waals surface area contributed by atoms with E-state index in [4.69, 9.17) is 0 Å². The quantitative estimate of drug-likeness (QED) is 0.863. The minimum absolute atomic E-state index is 0.258. The summed E-state index contributed by atoms with van der Waals surface area (Å²) >= 11 is 0. The summed E-state index contributed by atoms with van der Waals surface area (Å²) in [7, 11) is 0. The van der Waals surface area contributed by atoms with Crippen molar-refractivity contribution in [3.8, 4) is 0 Å². The van der Waals surface area contributed by atoms with E-state index in [9.17, 15) is 9.90 Å². The van der Waals surface area contributed by atoms with Gasteiger partial charge in [0.05, 0.1) is 6.10 Å². The Kier molecular flexibility index (Phi) is 4.35. The number of hydrogen-bond acceptors (Lipinski definition) is 3. The van der Waals surface area contributed by atoms with Crippen LogP contribution < -0.4 is 5.32 Å². The number of aliphatic hydroxyl groups excluding tert-OH is 1. The zero-order valence-electron chi connectivity index (χ0n) is 12.6. The van der Waals surface area contributed by atoms with Gasteiger partial charge in [-0.15, -0.1) is 0 Å². The molecule has 1 aromatic rings. The molecule has 0 saturated heterocycles. The predicted octanol–water partition coefficient (Wildman–Crippen LogP) is 2.69. The van der Waals surface area contributed by atoms with Crippen molar-refractivity contribution in [1.29, 1.82) is 0 Å². The van der Waals surface area contributed by atoms with E-state index in [1.54, 1.807) is 18.3 Å². The second-order valence-electron chi connectivity index (χ2n) is 6.91. The Hall–Kier alpha value is -1.42. The summed E-state index contributed by atoms with van der Waals surface area (Å²) in [6.07, 6.45) is 0.832. The number of amides is 1. The third-order valence-corrected chi connectivity index (χ3v) is 2.66. The molecule has 4 nitrogen and oxygen atoms in total. The lowest BCUT2D eigenvalue weighted by Gasteiger charge is -2.28. The summed E-state index contributed by atoms with van der Waals surface area (Å²) in [5.41, 5.74) is 0.176. The molecule has 19 heavy (non-hydrogen) atoms. The van der Waals surface area contributed by atoms with Crippen LogP contribution in [0.25, 0.3) is 0 Å². The summed E-state index contributed by atoms with van der Waals surface area (Å²) in [5, 5.41) is 13.2. The van der Waals surface area contributed by atoms with Crippen LogP contribution in [0.15, 0.2) is 18.3 Å². The summed E-state index contributed by atoms with van der Waals surface area (Å²) in [6, 6.07) is 3.48. The van der Waals surface area contributed by atoms with E-state index in [1.165, 1.54) is 0 Å². The van der Waals surface area contributed by atoms with Crippen LogP contribution in [0.4, 0.5) is 0 Å². The van der Waals surface area contributed by atoms with Gasteiger partial charge in [-0.3, -0.25) is 9.78 Å². The number of carbonyl (C=O) groups excluding carboxylic acids is 1. The highest BCUT2D eigenvalue weighted by Gasteiger charge is 2.29. The van der Waals surface area contributed by atoms with Gasteiger partial charge in [-0.1, -0.05) is 26.8 Å². The Morgan fingerprint density at radius 3 is 2.32 bits per heavy atom. The van der Waals surface area contributed by atoms with Gasteiger partial charge in [0.25, 0.3) is 5.91 Å². The normalized spacial score (nSPS) is 14.1. The molecule has 106 valence electrons. The van der Waals surface area contributed by atoms with E-state index in [-0.39, 0.29) is 16.9 Å². The van der Waals surface area contributed by atoms with Crippen LogP contribution in [0.3, 0.4) is 0 Å². The fourth-order valence-corrected chi connectivity index (χ4v) is 1.69. The average Bonchev–Trinajstić information content (AvgIpc) is 2.24. The third-order valence-electron chi connectivity index (χ3n) is 2.66. The second kappa shape index (κ2) is 5.29. The van der Waals surface area contributed by atoms with Gasteiger partial charge in [0.1, 0.15) is 5.69 Å². The van der Waals surface area contributed by atoms with Crippen molar-refractivity contribution in [2.45, 2.75) is 53.2 Å². The zero-order chi connectivity index (χ0) is 14.8. The van der Waals surface area contributed by atoms with E-state index in [1.807, 2.05) is 41.5 Å². The van der Waals surface area contributed by atoms with Crippen LogP contribution in [0.2, 0.25) is 0 Å². The molecule has 0 aromatic carbocycles. The molecule has 1 atom stereocenters. The molecule has 0 aliphatic heterocycles. The van der Waals surface area contributed by atoms with Crippen molar-refractivity contribution in [1.82, 2.24) is 10.3 Å². The minimum Gasteiger partial charge on any atom is -0.388 e. The van der Waals surface area contributed by atoms with Crippen molar-refractivity contribution in [3.05, 3.63) is 29.6 Å². The van der Waals surface area contributed by atoms with Crippen LogP contribution in [-0.2, 0) is 0 Å². The summed E-state index contributed by atoms with van der Waals surface area (Å²) < 4.78 is 0. The number of aliphatic hydroxyl groups is 1. The Bertz CT molecular complexity index is 456. The number of rotatable bonds is 2. The summed E-state index contributed by atoms with van der Waals surface area (Å²) in [6.45, 7) is 11.5. The Balaban J connectivity index is 3.13. The van der Waals surface area contributed by atoms with E-state index >= 15 is 0 Å². The lowest BCUT2D eigenvalue weighted by atomic mass is 9.84. The lowest BCUT2D eigenvalue weighted by molar-refractivity contribution is 0.0602. The van der Waals surface area contributed by atoms with Gasteiger partial charge in [-0.2, -0.15) is 0 Å². The Morgan fingerprint density at radius 2 is 1.84 bits per heavy atom. The maximum atomic E-state index is 12.2. The number of hydrogen-bond donors (Lipinski definition) is 2. The molecule has 0 saturated carbocycles. The number of carbonyl (C=O) groups is 1. The fourth-order valence-electron chi connectivity index (χ4n) is 1.69. The molecule has 1 aromatic heterocycles. The van der Waals surface area contributed by atoms with Gasteiger partial charge in [-0.05, 0) is 32.3 Å². The van der Waals surface area contributed by atoms with Gasteiger partial charge in [0.15, 0.2) is 0 Å². The number of nitrogens with one attached hydrogen (secondary N) is 1. The van der Waals surface area contributed by atoms with E-state index in [0.29, 0.717) is 11.3 Å². The number of nitrogens with zero attached hydrogens (tertiary/aromatic N) is 1. The first-order valence-electron chi connectivity index (χ1n) is 6.48. The molecule has 0 aliphatic carbocycles. The highest BCUT2D eigenvalue weighted by molar-refractivity contribution is 5.94. The molecule has 1 unspecified atom stereocenters. The maximum Gasteiger partial charge on any atom is 0.270 e. The molecular formula is C15H24N2O2. The molecule has 1 amide bonds. The molecule has 1 rings (SSSR count). The van der Waals surface area contributed by atoms with E-state index in [2.05, 4.69) is 10.3 Å². The fraction of sp³-hybridized carbons (Fsp3) is 0.600. The van der Waals surface area contributed by atoms with Gasteiger partial charge >= 0.3 is 0 Å². The van der Waals surface area contributed by atoms with Crippen LogP contribution >= 0.6 is 0 Å². The first-order valence-corrected chi connectivity index (χ1v) is 6.48. The van der Waals surface area contributed by atoms with Crippen LogP contribution in [0.5, 0.6) is 0 Å². The molecule has 0 bridgehead atoms. The van der Waals surface area contributed by atoms with Crippen molar-refractivity contribution >= 4 is 5.91 Å². The minimum atomic E-state index is -0.734. The smallest absolute Gasteiger partial charge is 0.270 e. The molecule has 0 radical (unpaired) electrons. The van der Waals surface area contributed by atoms with Crippen molar-refractivity contribution in [2.24, 2.45) is 5.41 Å². The largest absolute Gasteiger partial charge is 0.388 e. The first kappa shape index (κ1) is 15.6. The Labute approximate surface area is 115 Å². The second-order valence-corrected chi connectivity index (χ2v) is 6.91. The van der Waals surface area contributed by atoms with Crippen molar-refractivity contribution in [3.63, 3.8) is 0 Å². The highest BCUT2D eigenvalue weighted by Crippen LogP contribution is 2.33. The SMILES string of the molecule is CC(C)(C)NC(=O)c1ncccc1C(O)C(C)(C)C. The first-order chi connectivity index (χ1) is 8.52. The summed E-state index contributed by atoms with van der Waals surface area (Å²) in [5.74, 6) is -0.258. The Morgan fingerprint density at radius 1 is 1.26 bits per heavy atom. The monoisotopic (exact) mass is 264 g/mol. The molecule has 0 fully saturated rings. The van der Waals surface area contributed by atoms with Crippen LogP contribution in [0, 0.1) is 5.41 Å². The molecule has 1 heterocycles. The average molecular weight is 264 g/mol. The molecular weight excluding hydrogens is 240 g/mol. The van der Waals surface area contributed by atoms with E-state index < -0.39 is 6.10 Å². The van der Waals surface area contributed by atoms with Gasteiger partial charge < -0.3 is 10.4 Å². The summed E-state index contributed by atoms with van der Waals surface area (Å²) in [4.78, 5) is 16.4. The number of pyridine rings is 1.